The van der Waals surface area contributed by atoms with Gasteiger partial charge in [0.05, 0.1) is 10.0 Å². The molecule has 2 aromatic rings. The number of primary amides is 1. The van der Waals surface area contributed by atoms with E-state index in [1.807, 2.05) is 24.3 Å². The molecule has 1 fully saturated rings. The van der Waals surface area contributed by atoms with Gasteiger partial charge in [-0.25, -0.2) is 4.79 Å². The summed E-state index contributed by atoms with van der Waals surface area (Å²) in [6.07, 6.45) is -0.639. The highest BCUT2D eigenvalue weighted by atomic mass is 35.5. The van der Waals surface area contributed by atoms with E-state index in [0.29, 0.717) is 16.3 Å². The smallest absolute Gasteiger partial charge is 0.405 e. The number of benzene rings is 2. The standard InChI is InChI=1S/C12H16Cl2N2.C10H11NO3/c1-15-4-6-16(7-5-15)9-10-2-3-11(13)12(14)8-10;11-10(13)14-9(6-7-12)8-4-2-1-3-5-8/h2-3,8H,4-7,9H2,1H3;1-5,7,9H,6H2,(H2,11,13). The summed E-state index contributed by atoms with van der Waals surface area (Å²) in [6.45, 7) is 5.49. The zero-order valence-electron chi connectivity index (χ0n) is 17.0. The van der Waals surface area contributed by atoms with Crippen LogP contribution in [0, 0.1) is 0 Å². The van der Waals surface area contributed by atoms with Gasteiger partial charge in [0.15, 0.2) is 0 Å². The number of ether oxygens (including phenoxy) is 1. The largest absolute Gasteiger partial charge is 0.441 e. The molecule has 0 spiro atoms. The van der Waals surface area contributed by atoms with Crippen molar-refractivity contribution in [2.45, 2.75) is 19.1 Å². The van der Waals surface area contributed by atoms with Crippen LogP contribution in [0.2, 0.25) is 10.0 Å². The summed E-state index contributed by atoms with van der Waals surface area (Å²) in [5.41, 5.74) is 6.88. The van der Waals surface area contributed by atoms with Gasteiger partial charge in [0.1, 0.15) is 12.4 Å². The van der Waals surface area contributed by atoms with Crippen LogP contribution >= 0.6 is 23.2 Å². The first-order valence-electron chi connectivity index (χ1n) is 9.68. The van der Waals surface area contributed by atoms with Crippen molar-refractivity contribution in [2.24, 2.45) is 5.73 Å². The van der Waals surface area contributed by atoms with Crippen molar-refractivity contribution in [1.82, 2.24) is 9.80 Å². The molecule has 30 heavy (non-hydrogen) atoms. The number of aldehydes is 1. The molecule has 6 nitrogen and oxygen atoms in total. The molecular formula is C22H27Cl2N3O3. The zero-order valence-corrected chi connectivity index (χ0v) is 18.5. The lowest BCUT2D eigenvalue weighted by Crippen LogP contribution is -2.43. The van der Waals surface area contributed by atoms with E-state index in [1.54, 1.807) is 24.3 Å². The Bertz CT molecular complexity index is 813. The Morgan fingerprint density at radius 1 is 1.10 bits per heavy atom. The number of rotatable bonds is 6. The molecule has 0 aromatic heterocycles. The minimum absolute atomic E-state index is 0.118. The molecule has 8 heteroatoms. The van der Waals surface area contributed by atoms with Gasteiger partial charge in [-0.05, 0) is 30.3 Å². The predicted octanol–water partition coefficient (Wildman–Crippen LogP) is 4.15. The van der Waals surface area contributed by atoms with E-state index >= 15 is 0 Å². The number of nitrogens with zero attached hydrogens (tertiary/aromatic N) is 2. The number of nitrogens with two attached hydrogens (primary N) is 1. The Hall–Kier alpha value is -2.12. The second-order valence-electron chi connectivity index (χ2n) is 7.07. The lowest BCUT2D eigenvalue weighted by atomic mass is 10.1. The number of amides is 1. The van der Waals surface area contributed by atoms with Gasteiger partial charge in [0.2, 0.25) is 0 Å². The van der Waals surface area contributed by atoms with Crippen LogP contribution in [0.1, 0.15) is 23.7 Å². The fourth-order valence-corrected chi connectivity index (χ4v) is 3.37. The van der Waals surface area contributed by atoms with E-state index in [9.17, 15) is 9.59 Å². The van der Waals surface area contributed by atoms with Gasteiger partial charge >= 0.3 is 6.09 Å². The summed E-state index contributed by atoms with van der Waals surface area (Å²) in [6, 6.07) is 14.9. The van der Waals surface area contributed by atoms with Crippen LogP contribution < -0.4 is 5.73 Å². The van der Waals surface area contributed by atoms with Gasteiger partial charge in [-0.1, -0.05) is 59.6 Å². The van der Waals surface area contributed by atoms with E-state index in [1.165, 1.54) is 5.56 Å². The first-order chi connectivity index (χ1) is 14.4. The molecule has 1 heterocycles. The molecule has 1 unspecified atom stereocenters. The van der Waals surface area contributed by atoms with Crippen molar-refractivity contribution < 1.29 is 14.3 Å². The van der Waals surface area contributed by atoms with Crippen LogP contribution in [0.15, 0.2) is 48.5 Å². The summed E-state index contributed by atoms with van der Waals surface area (Å²) in [5, 5.41) is 1.28. The highest BCUT2D eigenvalue weighted by molar-refractivity contribution is 6.42. The van der Waals surface area contributed by atoms with Gasteiger partial charge in [-0.15, -0.1) is 0 Å². The van der Waals surface area contributed by atoms with Crippen molar-refractivity contribution in [1.29, 1.82) is 0 Å². The maximum absolute atomic E-state index is 10.5. The fraction of sp³-hybridized carbons (Fsp3) is 0.364. The molecule has 0 saturated carbocycles. The van der Waals surface area contributed by atoms with Crippen molar-refractivity contribution >= 4 is 35.6 Å². The maximum atomic E-state index is 10.5. The number of carbonyl (C=O) groups is 2. The van der Waals surface area contributed by atoms with Crippen molar-refractivity contribution in [3.8, 4) is 0 Å². The Labute approximate surface area is 187 Å². The monoisotopic (exact) mass is 451 g/mol. The molecule has 1 aliphatic heterocycles. The first-order valence-corrected chi connectivity index (χ1v) is 10.4. The molecular weight excluding hydrogens is 425 g/mol. The van der Waals surface area contributed by atoms with E-state index in [-0.39, 0.29) is 6.42 Å². The number of halogens is 2. The maximum Gasteiger partial charge on any atom is 0.405 e. The average Bonchev–Trinajstić information content (AvgIpc) is 2.73. The Morgan fingerprint density at radius 3 is 2.33 bits per heavy atom. The molecule has 1 aliphatic rings. The Balaban J connectivity index is 0.000000216. The van der Waals surface area contributed by atoms with Crippen molar-refractivity contribution in [2.75, 3.05) is 33.2 Å². The number of likely N-dealkylation sites (N-methyl/N-ethyl adjacent to an activating group) is 1. The molecule has 1 amide bonds. The minimum Gasteiger partial charge on any atom is -0.441 e. The number of carbonyl (C=O) groups excluding carboxylic acids is 2. The van der Waals surface area contributed by atoms with Crippen LogP contribution in [0.3, 0.4) is 0 Å². The first kappa shape index (κ1) is 24.2. The Morgan fingerprint density at radius 2 is 1.77 bits per heavy atom. The second kappa shape index (κ2) is 12.5. The molecule has 1 saturated heterocycles. The summed E-state index contributed by atoms with van der Waals surface area (Å²) in [7, 11) is 2.16. The van der Waals surface area contributed by atoms with Crippen molar-refractivity contribution in [3.63, 3.8) is 0 Å². The molecule has 2 aromatic carbocycles. The fourth-order valence-electron chi connectivity index (χ4n) is 3.05. The van der Waals surface area contributed by atoms with Crippen LogP contribution in [0.4, 0.5) is 4.79 Å². The molecule has 3 rings (SSSR count). The van der Waals surface area contributed by atoms with E-state index in [0.717, 1.165) is 38.3 Å². The number of hydrogen-bond donors (Lipinski definition) is 1. The summed E-state index contributed by atoms with van der Waals surface area (Å²) < 4.78 is 4.78. The van der Waals surface area contributed by atoms with E-state index in [2.05, 4.69) is 16.8 Å². The van der Waals surface area contributed by atoms with Gasteiger partial charge in [-0.3, -0.25) is 4.90 Å². The molecule has 0 bridgehead atoms. The van der Waals surface area contributed by atoms with Gasteiger partial charge in [0, 0.05) is 39.1 Å². The quantitative estimate of drug-likeness (QED) is 0.667. The molecule has 2 N–H and O–H groups in total. The van der Waals surface area contributed by atoms with E-state index in [4.69, 9.17) is 33.7 Å². The van der Waals surface area contributed by atoms with Crippen LogP contribution in [0.25, 0.3) is 0 Å². The van der Waals surface area contributed by atoms with Gasteiger partial charge in [-0.2, -0.15) is 0 Å². The Kier molecular flexibility index (Phi) is 10.1. The number of hydrogen-bond acceptors (Lipinski definition) is 5. The molecule has 0 aliphatic carbocycles. The third-order valence-electron chi connectivity index (χ3n) is 4.73. The zero-order chi connectivity index (χ0) is 21.9. The minimum atomic E-state index is -0.874. The predicted molar refractivity (Wildman–Crippen MR) is 120 cm³/mol. The highest BCUT2D eigenvalue weighted by Crippen LogP contribution is 2.23. The molecule has 0 radical (unpaired) electrons. The molecule has 1 atom stereocenters. The van der Waals surface area contributed by atoms with E-state index < -0.39 is 12.2 Å². The van der Waals surface area contributed by atoms with Crippen LogP contribution in [-0.2, 0) is 16.1 Å². The summed E-state index contributed by atoms with van der Waals surface area (Å²) in [5.74, 6) is 0. The van der Waals surface area contributed by atoms with Crippen molar-refractivity contribution in [3.05, 3.63) is 69.7 Å². The average molecular weight is 452 g/mol. The third kappa shape index (κ3) is 8.32. The summed E-state index contributed by atoms with van der Waals surface area (Å²) in [4.78, 5) is 25.7. The van der Waals surface area contributed by atoms with Crippen LogP contribution in [-0.4, -0.2) is 55.4 Å². The van der Waals surface area contributed by atoms with Gasteiger partial charge in [0.25, 0.3) is 0 Å². The lowest BCUT2D eigenvalue weighted by molar-refractivity contribution is -0.109. The highest BCUT2D eigenvalue weighted by Gasteiger charge is 2.14. The van der Waals surface area contributed by atoms with Gasteiger partial charge < -0.3 is 20.2 Å². The second-order valence-corrected chi connectivity index (χ2v) is 7.88. The molecule has 162 valence electrons. The third-order valence-corrected chi connectivity index (χ3v) is 5.47. The lowest BCUT2D eigenvalue weighted by Gasteiger charge is -2.32. The SMILES string of the molecule is CN1CCN(Cc2ccc(Cl)c(Cl)c2)CC1.NC(=O)OC(CC=O)c1ccccc1. The summed E-state index contributed by atoms with van der Waals surface area (Å²) >= 11 is 11.9. The topological polar surface area (TPSA) is 75.9 Å². The normalized spacial score (nSPS) is 15.6. The van der Waals surface area contributed by atoms with Crippen LogP contribution in [0.5, 0.6) is 0 Å². The number of piperazine rings is 1.